The Morgan fingerprint density at radius 1 is 0.517 bits per heavy atom. The van der Waals surface area contributed by atoms with Crippen LogP contribution in [-0.2, 0) is 32.7 Å². The van der Waals surface area contributed by atoms with Crippen LogP contribution in [0.25, 0.3) is 0 Å². The van der Waals surface area contributed by atoms with Gasteiger partial charge in [-0.1, -0.05) is 191 Å². The van der Waals surface area contributed by atoms with Crippen molar-refractivity contribution in [2.75, 3.05) is 26.4 Å². The molecule has 0 rings (SSSR count). The van der Waals surface area contributed by atoms with Gasteiger partial charge in [-0.25, -0.2) is 4.57 Å². The zero-order chi connectivity index (χ0) is 42.5. The average Bonchev–Trinajstić information content (AvgIpc) is 3.21. The second-order valence-electron chi connectivity index (χ2n) is 15.6. The molecule has 0 radical (unpaired) electrons. The maximum atomic E-state index is 12.6. The predicted molar refractivity (Wildman–Crippen MR) is 243 cm³/mol. The van der Waals surface area contributed by atoms with Crippen molar-refractivity contribution in [2.45, 2.75) is 219 Å². The molecule has 0 aromatic carbocycles. The normalized spacial score (nSPS) is 13.7. The van der Waals surface area contributed by atoms with Gasteiger partial charge >= 0.3 is 19.8 Å². The van der Waals surface area contributed by atoms with Gasteiger partial charge in [0, 0.05) is 19.4 Å². The number of nitrogens with two attached hydrogens (primary N) is 1. The Balaban J connectivity index is 4.16. The largest absolute Gasteiger partial charge is 0.472 e. The quantitative estimate of drug-likeness (QED) is 0.0266. The van der Waals surface area contributed by atoms with Crippen LogP contribution in [0, 0.1) is 0 Å². The summed E-state index contributed by atoms with van der Waals surface area (Å²) >= 11 is 0. The lowest BCUT2D eigenvalue weighted by Gasteiger charge is -2.19. The van der Waals surface area contributed by atoms with Gasteiger partial charge in [0.15, 0.2) is 6.10 Å². The SMILES string of the molecule is CCCCC/C=C\C/C=C\C/C=C\C/C=C\CCCCCC(=O)O[C@H](COC(=O)CCCCCCCCCCCCCCCCCCCC)COP(=O)(O)OCCN. The van der Waals surface area contributed by atoms with Gasteiger partial charge in [0.25, 0.3) is 0 Å². The Hall–Kier alpha value is -2.03. The Kier molecular flexibility index (Phi) is 43.0. The molecule has 0 saturated heterocycles. The highest BCUT2D eigenvalue weighted by Gasteiger charge is 2.26. The van der Waals surface area contributed by atoms with Crippen LogP contribution in [0.5, 0.6) is 0 Å². The van der Waals surface area contributed by atoms with Gasteiger partial charge in [-0.05, 0) is 57.8 Å². The first-order valence-corrected chi connectivity index (χ1v) is 25.1. The molecule has 0 heterocycles. The number of ether oxygens (including phenoxy) is 2. The molecule has 0 amide bonds. The maximum absolute atomic E-state index is 12.6. The molecule has 0 bridgehead atoms. The van der Waals surface area contributed by atoms with Gasteiger partial charge in [0.2, 0.25) is 0 Å². The van der Waals surface area contributed by atoms with Crippen molar-refractivity contribution >= 4 is 19.8 Å². The van der Waals surface area contributed by atoms with E-state index in [0.717, 1.165) is 57.8 Å². The minimum atomic E-state index is -4.39. The number of phosphoric acid groups is 1. The molecule has 0 fully saturated rings. The van der Waals surface area contributed by atoms with Crippen LogP contribution in [0.2, 0.25) is 0 Å². The van der Waals surface area contributed by atoms with Crippen LogP contribution in [0.3, 0.4) is 0 Å². The van der Waals surface area contributed by atoms with Gasteiger partial charge in [-0.2, -0.15) is 0 Å². The van der Waals surface area contributed by atoms with Crippen molar-refractivity contribution in [3.8, 4) is 0 Å². The molecule has 10 heteroatoms. The number of phosphoric ester groups is 1. The van der Waals surface area contributed by atoms with Gasteiger partial charge in [0.1, 0.15) is 6.61 Å². The second-order valence-corrected chi connectivity index (χ2v) is 17.1. The molecule has 58 heavy (non-hydrogen) atoms. The van der Waals surface area contributed by atoms with Crippen LogP contribution >= 0.6 is 7.82 Å². The molecule has 0 aliphatic heterocycles. The van der Waals surface area contributed by atoms with Crippen molar-refractivity contribution in [3.05, 3.63) is 48.6 Å². The van der Waals surface area contributed by atoms with Crippen LogP contribution in [0.1, 0.15) is 213 Å². The zero-order valence-electron chi connectivity index (χ0n) is 37.3. The summed E-state index contributed by atoms with van der Waals surface area (Å²) in [7, 11) is -4.39. The Labute approximate surface area is 356 Å². The summed E-state index contributed by atoms with van der Waals surface area (Å²) in [5, 5.41) is 0. The van der Waals surface area contributed by atoms with Gasteiger partial charge in [-0.3, -0.25) is 18.6 Å². The first-order valence-electron chi connectivity index (χ1n) is 23.6. The van der Waals surface area contributed by atoms with E-state index < -0.39 is 26.5 Å². The lowest BCUT2D eigenvalue weighted by Crippen LogP contribution is -2.29. The fraction of sp³-hybridized carbons (Fsp3) is 0.792. The maximum Gasteiger partial charge on any atom is 0.472 e. The number of unbranched alkanes of at least 4 members (excludes halogenated alkanes) is 23. The lowest BCUT2D eigenvalue weighted by atomic mass is 10.0. The average molecular weight is 838 g/mol. The summed E-state index contributed by atoms with van der Waals surface area (Å²) in [6.07, 6.45) is 51.4. The van der Waals surface area contributed by atoms with Crippen molar-refractivity contribution in [3.63, 3.8) is 0 Å². The molecule has 3 N–H and O–H groups in total. The van der Waals surface area contributed by atoms with Gasteiger partial charge in [0.05, 0.1) is 13.2 Å². The summed E-state index contributed by atoms with van der Waals surface area (Å²) in [5.74, 6) is -0.859. The number of allylic oxidation sites excluding steroid dienone is 8. The molecule has 1 unspecified atom stereocenters. The Bertz CT molecular complexity index is 1090. The Morgan fingerprint density at radius 3 is 1.36 bits per heavy atom. The van der Waals surface area contributed by atoms with Crippen molar-refractivity contribution in [1.29, 1.82) is 0 Å². The van der Waals surface area contributed by atoms with E-state index >= 15 is 0 Å². The number of hydrogen-bond acceptors (Lipinski definition) is 8. The van der Waals surface area contributed by atoms with Crippen LogP contribution in [-0.4, -0.2) is 49.3 Å². The van der Waals surface area contributed by atoms with Crippen LogP contribution in [0.4, 0.5) is 0 Å². The fourth-order valence-electron chi connectivity index (χ4n) is 6.44. The molecular weight excluding hydrogens is 750 g/mol. The van der Waals surface area contributed by atoms with E-state index in [0.29, 0.717) is 6.42 Å². The molecule has 0 aromatic heterocycles. The third kappa shape index (κ3) is 43.5. The molecule has 338 valence electrons. The van der Waals surface area contributed by atoms with Gasteiger partial charge in [-0.15, -0.1) is 0 Å². The van der Waals surface area contributed by atoms with Crippen molar-refractivity contribution in [1.82, 2.24) is 0 Å². The van der Waals surface area contributed by atoms with Crippen LogP contribution < -0.4 is 5.73 Å². The van der Waals surface area contributed by atoms with E-state index in [1.54, 1.807) is 0 Å². The minimum absolute atomic E-state index is 0.0474. The topological polar surface area (TPSA) is 134 Å². The van der Waals surface area contributed by atoms with E-state index in [-0.39, 0.29) is 38.6 Å². The number of esters is 2. The molecule has 2 atom stereocenters. The van der Waals surface area contributed by atoms with Crippen molar-refractivity contribution in [2.24, 2.45) is 5.73 Å². The van der Waals surface area contributed by atoms with Crippen molar-refractivity contribution < 1.29 is 37.6 Å². The highest BCUT2D eigenvalue weighted by atomic mass is 31.2. The summed E-state index contributed by atoms with van der Waals surface area (Å²) < 4.78 is 32.8. The molecule has 0 aromatic rings. The smallest absolute Gasteiger partial charge is 0.462 e. The summed E-state index contributed by atoms with van der Waals surface area (Å²) in [5.41, 5.74) is 5.35. The van der Waals surface area contributed by atoms with Crippen LogP contribution in [0.15, 0.2) is 48.6 Å². The lowest BCUT2D eigenvalue weighted by molar-refractivity contribution is -0.161. The summed E-state index contributed by atoms with van der Waals surface area (Å²) in [4.78, 5) is 34.9. The van der Waals surface area contributed by atoms with E-state index in [1.807, 2.05) is 0 Å². The number of hydrogen-bond donors (Lipinski definition) is 2. The number of carbonyl (C=O) groups excluding carboxylic acids is 2. The third-order valence-electron chi connectivity index (χ3n) is 9.97. The highest BCUT2D eigenvalue weighted by Crippen LogP contribution is 2.43. The molecular formula is C48H88NO8P. The molecule has 0 spiro atoms. The van der Waals surface area contributed by atoms with Gasteiger partial charge < -0.3 is 20.1 Å². The zero-order valence-corrected chi connectivity index (χ0v) is 38.2. The molecule has 0 saturated carbocycles. The number of rotatable bonds is 44. The summed E-state index contributed by atoms with van der Waals surface area (Å²) in [6, 6.07) is 0. The predicted octanol–water partition coefficient (Wildman–Crippen LogP) is 13.9. The Morgan fingerprint density at radius 2 is 0.897 bits per heavy atom. The molecule has 9 nitrogen and oxygen atoms in total. The first kappa shape index (κ1) is 56.0. The second kappa shape index (κ2) is 44.5. The standard InChI is InChI=1S/C48H88NO8P/c1-3-5-7-9-11-13-15-17-19-21-23-25-27-29-31-33-35-37-39-41-48(51)57-46(45-56-58(52,53)55-43-42-49)44-54-47(50)40-38-36-34-32-30-28-26-24-22-20-18-16-14-12-10-8-6-4-2/h11,13,17,19,23,25,29,31,46H,3-10,12,14-16,18,20-22,24,26-28,30,32-45,49H2,1-2H3,(H,52,53)/b13-11-,19-17-,25-23-,31-29-/t46-/m1/s1. The van der Waals surface area contributed by atoms with E-state index in [1.165, 1.54) is 122 Å². The molecule has 0 aliphatic rings. The minimum Gasteiger partial charge on any atom is -0.462 e. The van der Waals surface area contributed by atoms with E-state index in [4.69, 9.17) is 24.3 Å². The third-order valence-corrected chi connectivity index (χ3v) is 11.0. The first-order chi connectivity index (χ1) is 28.3. The van der Waals surface area contributed by atoms with E-state index in [2.05, 4.69) is 62.5 Å². The number of carbonyl (C=O) groups is 2. The monoisotopic (exact) mass is 838 g/mol. The highest BCUT2D eigenvalue weighted by molar-refractivity contribution is 7.47. The molecule has 0 aliphatic carbocycles. The fourth-order valence-corrected chi connectivity index (χ4v) is 7.21. The van der Waals surface area contributed by atoms with E-state index in [9.17, 15) is 19.0 Å². The summed E-state index contributed by atoms with van der Waals surface area (Å²) in [6.45, 7) is 3.69.